The summed E-state index contributed by atoms with van der Waals surface area (Å²) in [5.41, 5.74) is 1.42. The standard InChI is InChI=1S/C18H17N3O5S/c1-10-13(18(23)24)4-3-5-16(10)27(25,26)21-12-6-7-14-11(8-12)9-15(20-14)17(22)19-2/h3-9,20-21H,1-2H3,(H,19,22)(H,23,24). The average molecular weight is 387 g/mol. The van der Waals surface area contributed by atoms with Crippen LogP contribution in [0.25, 0.3) is 10.9 Å². The molecule has 3 aromatic rings. The molecule has 1 aromatic heterocycles. The van der Waals surface area contributed by atoms with Gasteiger partial charge in [-0.25, -0.2) is 13.2 Å². The van der Waals surface area contributed by atoms with Crippen molar-refractivity contribution in [3.8, 4) is 0 Å². The van der Waals surface area contributed by atoms with Crippen LogP contribution in [0, 0.1) is 6.92 Å². The third-order valence-electron chi connectivity index (χ3n) is 4.15. The van der Waals surface area contributed by atoms with Crippen molar-refractivity contribution >= 4 is 38.5 Å². The summed E-state index contributed by atoms with van der Waals surface area (Å²) < 4.78 is 27.9. The van der Waals surface area contributed by atoms with Gasteiger partial charge >= 0.3 is 5.97 Å². The minimum atomic E-state index is -3.99. The van der Waals surface area contributed by atoms with Crippen molar-refractivity contribution in [2.45, 2.75) is 11.8 Å². The Bertz CT molecular complexity index is 1160. The number of aromatic carboxylic acids is 1. The molecule has 2 aromatic carbocycles. The molecule has 0 aliphatic rings. The van der Waals surface area contributed by atoms with Gasteiger partial charge in [0.1, 0.15) is 5.69 Å². The Morgan fingerprint density at radius 1 is 1.11 bits per heavy atom. The fourth-order valence-electron chi connectivity index (χ4n) is 2.80. The number of benzene rings is 2. The summed E-state index contributed by atoms with van der Waals surface area (Å²) in [4.78, 5) is 25.8. The molecule has 1 heterocycles. The summed E-state index contributed by atoms with van der Waals surface area (Å²) in [6.07, 6.45) is 0. The fraction of sp³-hybridized carbons (Fsp3) is 0.111. The smallest absolute Gasteiger partial charge is 0.335 e. The Morgan fingerprint density at radius 3 is 2.52 bits per heavy atom. The predicted octanol–water partition coefficient (Wildman–Crippen LogP) is 2.33. The second-order valence-electron chi connectivity index (χ2n) is 5.90. The molecule has 0 bridgehead atoms. The number of sulfonamides is 1. The van der Waals surface area contributed by atoms with Gasteiger partial charge in [0, 0.05) is 23.6 Å². The Hall–Kier alpha value is -3.33. The number of aromatic nitrogens is 1. The highest BCUT2D eigenvalue weighted by atomic mass is 32.2. The number of rotatable bonds is 5. The molecular formula is C18H17N3O5S. The van der Waals surface area contributed by atoms with Gasteiger partial charge in [0.15, 0.2) is 0 Å². The first-order valence-electron chi connectivity index (χ1n) is 7.93. The van der Waals surface area contributed by atoms with Crippen LogP contribution in [0.3, 0.4) is 0 Å². The van der Waals surface area contributed by atoms with E-state index in [0.717, 1.165) is 0 Å². The quantitative estimate of drug-likeness (QED) is 0.534. The maximum absolute atomic E-state index is 12.7. The van der Waals surface area contributed by atoms with Crippen LogP contribution >= 0.6 is 0 Å². The van der Waals surface area contributed by atoms with Gasteiger partial charge in [-0.3, -0.25) is 9.52 Å². The molecule has 0 saturated carbocycles. The fourth-order valence-corrected chi connectivity index (χ4v) is 4.12. The highest BCUT2D eigenvalue weighted by Crippen LogP contribution is 2.25. The summed E-state index contributed by atoms with van der Waals surface area (Å²) in [6.45, 7) is 1.45. The first kappa shape index (κ1) is 18.5. The third kappa shape index (κ3) is 3.49. The molecule has 8 nitrogen and oxygen atoms in total. The van der Waals surface area contributed by atoms with Crippen molar-refractivity contribution in [3.63, 3.8) is 0 Å². The average Bonchev–Trinajstić information content (AvgIpc) is 3.03. The number of nitrogens with one attached hydrogen (secondary N) is 3. The van der Waals surface area contributed by atoms with Gasteiger partial charge in [0.05, 0.1) is 10.5 Å². The van der Waals surface area contributed by atoms with E-state index in [9.17, 15) is 23.1 Å². The Balaban J connectivity index is 1.98. The topological polar surface area (TPSA) is 128 Å². The molecule has 0 radical (unpaired) electrons. The Labute approximate surface area is 155 Å². The van der Waals surface area contributed by atoms with E-state index >= 15 is 0 Å². The second kappa shape index (κ2) is 6.76. The van der Waals surface area contributed by atoms with Crippen LogP contribution < -0.4 is 10.0 Å². The number of hydrogen-bond acceptors (Lipinski definition) is 4. The van der Waals surface area contributed by atoms with E-state index in [4.69, 9.17) is 0 Å². The van der Waals surface area contributed by atoms with Crippen LogP contribution in [0.15, 0.2) is 47.4 Å². The minimum Gasteiger partial charge on any atom is -0.478 e. The number of carbonyl (C=O) groups is 2. The molecule has 0 saturated heterocycles. The first-order valence-corrected chi connectivity index (χ1v) is 9.42. The lowest BCUT2D eigenvalue weighted by Crippen LogP contribution is -2.17. The maximum atomic E-state index is 12.7. The molecule has 9 heteroatoms. The van der Waals surface area contributed by atoms with E-state index in [0.29, 0.717) is 22.3 Å². The van der Waals surface area contributed by atoms with E-state index in [2.05, 4.69) is 15.0 Å². The maximum Gasteiger partial charge on any atom is 0.335 e. The van der Waals surface area contributed by atoms with E-state index in [1.54, 1.807) is 24.3 Å². The number of carbonyl (C=O) groups excluding carboxylic acids is 1. The van der Waals surface area contributed by atoms with E-state index in [-0.39, 0.29) is 21.9 Å². The van der Waals surface area contributed by atoms with Gasteiger partial charge in [-0.15, -0.1) is 0 Å². The number of carboxylic acid groups (broad SMARTS) is 1. The van der Waals surface area contributed by atoms with Crippen LogP contribution in [0.5, 0.6) is 0 Å². The zero-order valence-electron chi connectivity index (χ0n) is 14.5. The van der Waals surface area contributed by atoms with E-state index < -0.39 is 16.0 Å². The largest absolute Gasteiger partial charge is 0.478 e. The molecule has 0 fully saturated rings. The number of anilines is 1. The zero-order chi connectivity index (χ0) is 19.8. The normalized spacial score (nSPS) is 11.3. The lowest BCUT2D eigenvalue weighted by atomic mass is 10.1. The second-order valence-corrected chi connectivity index (χ2v) is 7.55. The van der Waals surface area contributed by atoms with Gasteiger partial charge in [-0.2, -0.15) is 0 Å². The van der Waals surface area contributed by atoms with Gasteiger partial charge in [0.25, 0.3) is 15.9 Å². The molecule has 0 spiro atoms. The number of amides is 1. The van der Waals surface area contributed by atoms with Crippen LogP contribution in [0.1, 0.15) is 26.4 Å². The molecule has 0 unspecified atom stereocenters. The molecular weight excluding hydrogens is 370 g/mol. The van der Waals surface area contributed by atoms with Crippen LogP contribution in [-0.2, 0) is 10.0 Å². The highest BCUT2D eigenvalue weighted by Gasteiger charge is 2.21. The number of fused-ring (bicyclic) bond motifs is 1. The van der Waals surface area contributed by atoms with Crippen LogP contribution in [-0.4, -0.2) is 37.4 Å². The van der Waals surface area contributed by atoms with Crippen LogP contribution in [0.4, 0.5) is 5.69 Å². The predicted molar refractivity (Wildman–Crippen MR) is 101 cm³/mol. The summed E-state index contributed by atoms with van der Waals surface area (Å²) in [5.74, 6) is -1.48. The Kier molecular flexibility index (Phi) is 4.63. The van der Waals surface area contributed by atoms with Crippen molar-refractivity contribution in [2.24, 2.45) is 0 Å². The lowest BCUT2D eigenvalue weighted by molar-refractivity contribution is 0.0695. The lowest BCUT2D eigenvalue weighted by Gasteiger charge is -2.12. The number of carboxylic acids is 1. The first-order chi connectivity index (χ1) is 12.7. The summed E-state index contributed by atoms with van der Waals surface area (Å²) in [7, 11) is -2.47. The van der Waals surface area contributed by atoms with Crippen molar-refractivity contribution in [2.75, 3.05) is 11.8 Å². The monoisotopic (exact) mass is 387 g/mol. The summed E-state index contributed by atoms with van der Waals surface area (Å²) in [6, 6.07) is 10.5. The van der Waals surface area contributed by atoms with E-state index in [1.807, 2.05) is 0 Å². The molecule has 0 aliphatic heterocycles. The Morgan fingerprint density at radius 2 is 1.85 bits per heavy atom. The van der Waals surface area contributed by atoms with Crippen molar-refractivity contribution < 1.29 is 23.1 Å². The number of aromatic amines is 1. The molecule has 0 aliphatic carbocycles. The van der Waals surface area contributed by atoms with Crippen LogP contribution in [0.2, 0.25) is 0 Å². The SMILES string of the molecule is CNC(=O)c1cc2cc(NS(=O)(=O)c3cccc(C(=O)O)c3C)ccc2[nH]1. The highest BCUT2D eigenvalue weighted by molar-refractivity contribution is 7.92. The molecule has 0 atom stereocenters. The number of H-pyrrole nitrogens is 1. The molecule has 3 rings (SSSR count). The molecule has 1 amide bonds. The van der Waals surface area contributed by atoms with Gasteiger partial charge in [0.2, 0.25) is 0 Å². The van der Waals surface area contributed by atoms with Crippen molar-refractivity contribution in [3.05, 3.63) is 59.3 Å². The number of hydrogen-bond donors (Lipinski definition) is 4. The molecule has 140 valence electrons. The zero-order valence-corrected chi connectivity index (χ0v) is 15.3. The molecule has 4 N–H and O–H groups in total. The van der Waals surface area contributed by atoms with Crippen molar-refractivity contribution in [1.29, 1.82) is 0 Å². The third-order valence-corrected chi connectivity index (χ3v) is 5.67. The summed E-state index contributed by atoms with van der Waals surface area (Å²) in [5, 5.41) is 12.3. The van der Waals surface area contributed by atoms with E-state index in [1.165, 1.54) is 32.2 Å². The molecule has 27 heavy (non-hydrogen) atoms. The van der Waals surface area contributed by atoms with Crippen molar-refractivity contribution in [1.82, 2.24) is 10.3 Å². The minimum absolute atomic E-state index is 0.0748. The van der Waals surface area contributed by atoms with Gasteiger partial charge in [-0.05, 0) is 48.9 Å². The van der Waals surface area contributed by atoms with Gasteiger partial charge in [-0.1, -0.05) is 6.07 Å². The summed E-state index contributed by atoms with van der Waals surface area (Å²) >= 11 is 0. The van der Waals surface area contributed by atoms with Gasteiger partial charge < -0.3 is 15.4 Å².